The smallest absolute Gasteiger partial charge is 0.220 e. The van der Waals surface area contributed by atoms with Gasteiger partial charge in [-0.15, -0.1) is 11.3 Å². The quantitative estimate of drug-likeness (QED) is 0.786. The van der Waals surface area contributed by atoms with Crippen LogP contribution in [0.25, 0.3) is 10.2 Å². The first kappa shape index (κ1) is 19.1. The lowest BCUT2D eigenvalue weighted by Crippen LogP contribution is -2.58. The van der Waals surface area contributed by atoms with Gasteiger partial charge in [-0.3, -0.25) is 4.90 Å². The van der Waals surface area contributed by atoms with E-state index in [-0.39, 0.29) is 10.3 Å². The minimum atomic E-state index is -3.41. The van der Waals surface area contributed by atoms with Crippen LogP contribution in [-0.2, 0) is 9.84 Å². The molecule has 4 rings (SSSR count). The molecule has 0 bridgehead atoms. The Kier molecular flexibility index (Phi) is 4.58. The number of nitrogens with zero attached hydrogens (tertiary/aromatic N) is 4. The molecule has 8 nitrogen and oxygen atoms in total. The van der Waals surface area contributed by atoms with E-state index in [1.54, 1.807) is 13.8 Å². The van der Waals surface area contributed by atoms with Crippen molar-refractivity contribution in [1.82, 2.24) is 4.98 Å². The molecule has 1 spiro atoms. The summed E-state index contributed by atoms with van der Waals surface area (Å²) in [6.45, 7) is 3.32. The molecule has 2 heterocycles. The van der Waals surface area contributed by atoms with E-state index in [2.05, 4.69) is 15.0 Å². The standard InChI is InChI=1S/C18H24N6O2S2/c1-11(2)28(25,26)17-21-13-7-6-12(10-14(13)27-17)24-16(20)22-15(19)23-18(24)8-4-3-5-9-18/h6-7,10-11H,3-5,8-9H2,1-2H3,(H4,19,20,22,23). The van der Waals surface area contributed by atoms with Crippen LogP contribution in [0.15, 0.2) is 32.5 Å². The van der Waals surface area contributed by atoms with Crippen molar-refractivity contribution in [3.63, 3.8) is 0 Å². The molecule has 28 heavy (non-hydrogen) atoms. The van der Waals surface area contributed by atoms with Crippen LogP contribution >= 0.6 is 11.3 Å². The number of nitrogens with two attached hydrogens (primary N) is 2. The van der Waals surface area contributed by atoms with Gasteiger partial charge in [0.05, 0.1) is 15.5 Å². The third-order valence-corrected chi connectivity index (χ3v) is 8.91. The van der Waals surface area contributed by atoms with Crippen molar-refractivity contribution in [1.29, 1.82) is 0 Å². The number of guanidine groups is 2. The minimum Gasteiger partial charge on any atom is -0.369 e. The van der Waals surface area contributed by atoms with E-state index in [0.717, 1.165) is 42.5 Å². The zero-order valence-electron chi connectivity index (χ0n) is 15.9. The van der Waals surface area contributed by atoms with Gasteiger partial charge in [0.15, 0.2) is 0 Å². The van der Waals surface area contributed by atoms with Gasteiger partial charge in [-0.2, -0.15) is 4.99 Å². The number of rotatable bonds is 3. The molecule has 0 atom stereocenters. The summed E-state index contributed by atoms with van der Waals surface area (Å²) in [7, 11) is -3.41. The average Bonchev–Trinajstić information content (AvgIpc) is 3.05. The number of sulfone groups is 1. The first-order chi connectivity index (χ1) is 13.2. The second-order valence-electron chi connectivity index (χ2n) is 7.54. The Morgan fingerprint density at radius 1 is 1.18 bits per heavy atom. The van der Waals surface area contributed by atoms with E-state index in [0.29, 0.717) is 11.5 Å². The number of thiazole rings is 1. The van der Waals surface area contributed by atoms with Crippen LogP contribution in [-0.4, -0.2) is 36.2 Å². The van der Waals surface area contributed by atoms with Crippen LogP contribution < -0.4 is 16.4 Å². The summed E-state index contributed by atoms with van der Waals surface area (Å²) >= 11 is 1.18. The fourth-order valence-electron chi connectivity index (χ4n) is 3.85. The monoisotopic (exact) mass is 420 g/mol. The minimum absolute atomic E-state index is 0.143. The maximum absolute atomic E-state index is 12.5. The number of hydrogen-bond donors (Lipinski definition) is 2. The van der Waals surface area contributed by atoms with Crippen molar-refractivity contribution in [2.45, 2.75) is 61.2 Å². The predicted molar refractivity (Wildman–Crippen MR) is 113 cm³/mol. The van der Waals surface area contributed by atoms with Crippen molar-refractivity contribution in [2.75, 3.05) is 4.90 Å². The second-order valence-corrected chi connectivity index (χ2v) is 11.3. The van der Waals surface area contributed by atoms with E-state index in [9.17, 15) is 8.42 Å². The summed E-state index contributed by atoms with van der Waals surface area (Å²) in [4.78, 5) is 15.1. The van der Waals surface area contributed by atoms with Gasteiger partial charge in [0.1, 0.15) is 5.66 Å². The molecule has 4 N–H and O–H groups in total. The molecule has 2 aromatic rings. The van der Waals surface area contributed by atoms with Crippen molar-refractivity contribution in [3.05, 3.63) is 18.2 Å². The number of aliphatic imine (C=N–C) groups is 2. The summed E-state index contributed by atoms with van der Waals surface area (Å²) in [6, 6.07) is 5.64. The summed E-state index contributed by atoms with van der Waals surface area (Å²) in [5, 5.41) is -0.514. The molecule has 0 saturated heterocycles. The van der Waals surface area contributed by atoms with Crippen molar-refractivity contribution in [3.8, 4) is 0 Å². The van der Waals surface area contributed by atoms with Gasteiger partial charge >= 0.3 is 0 Å². The lowest BCUT2D eigenvalue weighted by Gasteiger charge is -2.45. The van der Waals surface area contributed by atoms with Gasteiger partial charge in [-0.05, 0) is 57.7 Å². The zero-order valence-corrected chi connectivity index (χ0v) is 17.6. The van der Waals surface area contributed by atoms with Crippen LogP contribution in [0.2, 0.25) is 0 Å². The molecular formula is C18H24N6O2S2. The Bertz CT molecular complexity index is 1080. The third-order valence-electron chi connectivity index (χ3n) is 5.33. The largest absolute Gasteiger partial charge is 0.369 e. The first-order valence-electron chi connectivity index (χ1n) is 9.37. The molecule has 0 amide bonds. The normalized spacial score (nSPS) is 19.9. The summed E-state index contributed by atoms with van der Waals surface area (Å²) in [5.41, 5.74) is 13.1. The topological polar surface area (TPSA) is 127 Å². The molecule has 1 aromatic carbocycles. The molecule has 1 aliphatic carbocycles. The molecule has 2 aliphatic rings. The number of benzene rings is 1. The molecule has 10 heteroatoms. The maximum atomic E-state index is 12.5. The fourth-order valence-corrected chi connectivity index (χ4v) is 6.52. The number of hydrogen-bond acceptors (Lipinski definition) is 9. The van der Waals surface area contributed by atoms with Crippen molar-refractivity contribution < 1.29 is 8.42 Å². The Hall–Kier alpha value is -2.20. The fraction of sp³-hybridized carbons (Fsp3) is 0.500. The van der Waals surface area contributed by atoms with Gasteiger partial charge in [-0.1, -0.05) is 6.42 Å². The molecule has 0 radical (unpaired) electrons. The van der Waals surface area contributed by atoms with Crippen LogP contribution in [0.5, 0.6) is 0 Å². The zero-order chi connectivity index (χ0) is 20.1. The van der Waals surface area contributed by atoms with Gasteiger partial charge in [0.25, 0.3) is 0 Å². The third kappa shape index (κ3) is 3.04. The highest BCUT2D eigenvalue weighted by Gasteiger charge is 2.42. The maximum Gasteiger partial charge on any atom is 0.220 e. The summed E-state index contributed by atoms with van der Waals surface area (Å²) in [6.07, 6.45) is 4.93. The van der Waals surface area contributed by atoms with Gasteiger partial charge in [0, 0.05) is 5.69 Å². The van der Waals surface area contributed by atoms with Crippen LogP contribution in [0.3, 0.4) is 0 Å². The lowest BCUT2D eigenvalue weighted by molar-refractivity contribution is 0.305. The van der Waals surface area contributed by atoms with Gasteiger partial charge in [0.2, 0.25) is 26.1 Å². The molecular weight excluding hydrogens is 396 g/mol. The second kappa shape index (κ2) is 6.70. The number of fused-ring (bicyclic) bond motifs is 1. The predicted octanol–water partition coefficient (Wildman–Crippen LogP) is 2.59. The highest BCUT2D eigenvalue weighted by atomic mass is 32.2. The van der Waals surface area contributed by atoms with Gasteiger partial charge < -0.3 is 11.5 Å². The van der Waals surface area contributed by atoms with E-state index >= 15 is 0 Å². The van der Waals surface area contributed by atoms with Crippen LogP contribution in [0, 0.1) is 0 Å². The highest BCUT2D eigenvalue weighted by molar-refractivity contribution is 7.94. The van der Waals surface area contributed by atoms with Crippen molar-refractivity contribution >= 4 is 49.0 Å². The van der Waals surface area contributed by atoms with E-state index in [1.807, 2.05) is 23.1 Å². The first-order valence-corrected chi connectivity index (χ1v) is 11.7. The summed E-state index contributed by atoms with van der Waals surface area (Å²) < 4.78 is 25.9. The molecule has 1 saturated carbocycles. The number of aromatic nitrogens is 1. The molecule has 150 valence electrons. The van der Waals surface area contributed by atoms with Gasteiger partial charge in [-0.25, -0.2) is 18.4 Å². The van der Waals surface area contributed by atoms with E-state index in [1.165, 1.54) is 11.3 Å². The summed E-state index contributed by atoms with van der Waals surface area (Å²) in [5.74, 6) is 0.521. The molecule has 1 fully saturated rings. The Morgan fingerprint density at radius 2 is 1.89 bits per heavy atom. The van der Waals surface area contributed by atoms with Crippen LogP contribution in [0.1, 0.15) is 46.0 Å². The van der Waals surface area contributed by atoms with E-state index in [4.69, 9.17) is 11.5 Å². The Labute approximate surface area is 168 Å². The number of anilines is 1. The molecule has 0 unspecified atom stereocenters. The SMILES string of the molecule is CC(C)S(=O)(=O)c1nc2ccc(N3C(N)=NC(N)=NC34CCCCC4)cc2s1. The Morgan fingerprint density at radius 3 is 2.57 bits per heavy atom. The van der Waals surface area contributed by atoms with Crippen LogP contribution in [0.4, 0.5) is 5.69 Å². The van der Waals surface area contributed by atoms with E-state index < -0.39 is 20.8 Å². The van der Waals surface area contributed by atoms with Crippen molar-refractivity contribution in [2.24, 2.45) is 21.5 Å². The molecule has 1 aliphatic heterocycles. The molecule has 1 aromatic heterocycles. The average molecular weight is 421 g/mol. The lowest BCUT2D eigenvalue weighted by atomic mass is 9.87. The highest BCUT2D eigenvalue weighted by Crippen LogP contribution is 2.41. The Balaban J connectivity index is 1.80.